The van der Waals surface area contributed by atoms with E-state index in [0.29, 0.717) is 4.24 Å². The lowest BCUT2D eigenvalue weighted by atomic mass is 10.1. The summed E-state index contributed by atoms with van der Waals surface area (Å²) < 4.78 is 0.624. The Morgan fingerprint density at radius 3 is 2.33 bits per heavy atom. The average Bonchev–Trinajstić information content (AvgIpc) is 2.99. The molecule has 3 nitrogen and oxygen atoms in total. The van der Waals surface area contributed by atoms with Crippen molar-refractivity contribution in [3.05, 3.63) is 51.3 Å². The molecule has 0 unspecified atom stereocenters. The highest BCUT2D eigenvalue weighted by atomic mass is 32.2. The number of aryl methyl sites for hydroxylation is 1. The minimum atomic E-state index is -1.15. The van der Waals surface area contributed by atoms with Crippen molar-refractivity contribution in [2.24, 2.45) is 0 Å². The SMILES string of the molecule is CCc1ccc(/C=C/C(=O)C(C(=O)O)=C2SCCS2)cc1. The molecule has 21 heavy (non-hydrogen) atoms. The molecular weight excluding hydrogens is 304 g/mol. The molecule has 110 valence electrons. The standard InChI is InChI=1S/C16H16O3S2/c1-2-11-3-5-12(6-4-11)7-8-13(17)14(15(18)19)16-20-9-10-21-16/h3-8H,2,9-10H2,1H3,(H,18,19)/b8-7+. The van der Waals surface area contributed by atoms with Crippen LogP contribution in [0.1, 0.15) is 18.1 Å². The van der Waals surface area contributed by atoms with Crippen LogP contribution in [-0.2, 0) is 16.0 Å². The fourth-order valence-electron chi connectivity index (χ4n) is 1.87. The van der Waals surface area contributed by atoms with E-state index >= 15 is 0 Å². The summed E-state index contributed by atoms with van der Waals surface area (Å²) in [6.07, 6.45) is 3.97. The van der Waals surface area contributed by atoms with Crippen LogP contribution >= 0.6 is 23.5 Å². The minimum Gasteiger partial charge on any atom is -0.477 e. The molecule has 0 saturated carbocycles. The fourth-order valence-corrected chi connectivity index (χ4v) is 4.40. The number of ketones is 1. The van der Waals surface area contributed by atoms with Gasteiger partial charge < -0.3 is 5.11 Å². The summed E-state index contributed by atoms with van der Waals surface area (Å²) >= 11 is 2.88. The van der Waals surface area contributed by atoms with E-state index in [1.54, 1.807) is 6.08 Å². The number of thioether (sulfide) groups is 2. The first kappa shape index (κ1) is 15.9. The summed E-state index contributed by atoms with van der Waals surface area (Å²) in [4.78, 5) is 23.4. The molecule has 5 heteroatoms. The smallest absolute Gasteiger partial charge is 0.341 e. The zero-order chi connectivity index (χ0) is 15.2. The lowest BCUT2D eigenvalue weighted by molar-refractivity contribution is -0.134. The van der Waals surface area contributed by atoms with Gasteiger partial charge in [0.1, 0.15) is 5.57 Å². The third-order valence-electron chi connectivity index (χ3n) is 3.03. The van der Waals surface area contributed by atoms with Gasteiger partial charge in [0.15, 0.2) is 5.78 Å². The summed E-state index contributed by atoms with van der Waals surface area (Å²) in [5, 5.41) is 9.23. The van der Waals surface area contributed by atoms with Crippen molar-refractivity contribution in [3.8, 4) is 0 Å². The highest BCUT2D eigenvalue weighted by Gasteiger charge is 2.24. The van der Waals surface area contributed by atoms with Crippen LogP contribution in [0.25, 0.3) is 6.08 Å². The first-order chi connectivity index (χ1) is 10.1. The molecule has 1 heterocycles. The quantitative estimate of drug-likeness (QED) is 0.510. The second kappa shape index (κ2) is 7.52. The zero-order valence-corrected chi connectivity index (χ0v) is 13.3. The number of hydrogen-bond acceptors (Lipinski definition) is 4. The predicted molar refractivity (Wildman–Crippen MR) is 89.4 cm³/mol. The van der Waals surface area contributed by atoms with Crippen LogP contribution in [0.3, 0.4) is 0 Å². The monoisotopic (exact) mass is 320 g/mol. The van der Waals surface area contributed by atoms with Gasteiger partial charge in [-0.25, -0.2) is 4.79 Å². The Hall–Kier alpha value is -1.46. The molecule has 0 radical (unpaired) electrons. The molecule has 1 saturated heterocycles. The Labute approximate surface area is 132 Å². The molecular formula is C16H16O3S2. The van der Waals surface area contributed by atoms with Crippen LogP contribution in [0, 0.1) is 0 Å². The van der Waals surface area contributed by atoms with Crippen molar-refractivity contribution < 1.29 is 14.7 Å². The third-order valence-corrected chi connectivity index (χ3v) is 5.74. The molecule has 0 amide bonds. The minimum absolute atomic E-state index is 0.107. The number of rotatable bonds is 5. The molecule has 0 aliphatic carbocycles. The zero-order valence-electron chi connectivity index (χ0n) is 11.7. The maximum Gasteiger partial charge on any atom is 0.341 e. The van der Waals surface area contributed by atoms with E-state index < -0.39 is 11.8 Å². The maximum atomic E-state index is 12.1. The fraction of sp³-hybridized carbons (Fsp3) is 0.250. The Morgan fingerprint density at radius 2 is 1.81 bits per heavy atom. The number of carbonyl (C=O) groups is 2. The number of carboxylic acids is 1. The first-order valence-corrected chi connectivity index (χ1v) is 8.63. The molecule has 1 aromatic rings. The van der Waals surface area contributed by atoms with Gasteiger partial charge in [0, 0.05) is 11.5 Å². The van der Waals surface area contributed by atoms with Crippen molar-refractivity contribution in [1.82, 2.24) is 0 Å². The second-order valence-corrected chi connectivity index (χ2v) is 6.93. The molecule has 1 aliphatic heterocycles. The van der Waals surface area contributed by atoms with Crippen LogP contribution in [0.5, 0.6) is 0 Å². The van der Waals surface area contributed by atoms with Gasteiger partial charge in [0.05, 0.1) is 4.24 Å². The number of carbonyl (C=O) groups excluding carboxylic acids is 1. The van der Waals surface area contributed by atoms with Crippen molar-refractivity contribution >= 4 is 41.4 Å². The predicted octanol–water partition coefficient (Wildman–Crippen LogP) is 3.61. The normalized spacial score (nSPS) is 14.6. The van der Waals surface area contributed by atoms with E-state index in [0.717, 1.165) is 23.5 Å². The Kier molecular flexibility index (Phi) is 5.70. The molecule has 1 fully saturated rings. The van der Waals surface area contributed by atoms with Crippen LogP contribution < -0.4 is 0 Å². The maximum absolute atomic E-state index is 12.1. The largest absolute Gasteiger partial charge is 0.477 e. The molecule has 1 N–H and O–H groups in total. The van der Waals surface area contributed by atoms with Crippen molar-refractivity contribution in [2.75, 3.05) is 11.5 Å². The molecule has 0 atom stereocenters. The lowest BCUT2D eigenvalue weighted by Gasteiger charge is -2.02. The van der Waals surface area contributed by atoms with E-state index in [1.165, 1.54) is 35.2 Å². The van der Waals surface area contributed by atoms with Gasteiger partial charge in [0.2, 0.25) is 0 Å². The van der Waals surface area contributed by atoms with E-state index in [9.17, 15) is 14.7 Å². The Morgan fingerprint density at radius 1 is 1.19 bits per heavy atom. The van der Waals surface area contributed by atoms with Crippen LogP contribution in [-0.4, -0.2) is 28.4 Å². The molecule has 0 bridgehead atoms. The van der Waals surface area contributed by atoms with Crippen LogP contribution in [0.15, 0.2) is 40.2 Å². The van der Waals surface area contributed by atoms with Gasteiger partial charge in [-0.3, -0.25) is 4.79 Å². The number of benzene rings is 1. The Balaban J connectivity index is 2.16. The molecule has 0 aromatic heterocycles. The third kappa shape index (κ3) is 4.25. The molecule has 1 aromatic carbocycles. The van der Waals surface area contributed by atoms with Gasteiger partial charge in [-0.15, -0.1) is 23.5 Å². The highest BCUT2D eigenvalue weighted by molar-refractivity contribution is 8.25. The lowest BCUT2D eigenvalue weighted by Crippen LogP contribution is -2.11. The summed E-state index contributed by atoms with van der Waals surface area (Å²) in [6, 6.07) is 7.86. The number of aliphatic carboxylic acids is 1. The van der Waals surface area contributed by atoms with Crippen molar-refractivity contribution in [3.63, 3.8) is 0 Å². The van der Waals surface area contributed by atoms with E-state index in [-0.39, 0.29) is 5.57 Å². The summed E-state index contributed by atoms with van der Waals surface area (Å²) in [6.45, 7) is 2.08. The molecule has 2 rings (SSSR count). The van der Waals surface area contributed by atoms with E-state index in [2.05, 4.69) is 6.92 Å². The van der Waals surface area contributed by atoms with Crippen LogP contribution in [0.4, 0.5) is 0 Å². The topological polar surface area (TPSA) is 54.4 Å². The number of allylic oxidation sites excluding steroid dienone is 1. The highest BCUT2D eigenvalue weighted by Crippen LogP contribution is 2.39. The summed E-state index contributed by atoms with van der Waals surface area (Å²) in [5.74, 6) is 0.111. The van der Waals surface area contributed by atoms with Gasteiger partial charge in [-0.05, 0) is 23.6 Å². The van der Waals surface area contributed by atoms with Crippen LogP contribution in [0.2, 0.25) is 0 Å². The number of hydrogen-bond donors (Lipinski definition) is 1. The average molecular weight is 320 g/mol. The van der Waals surface area contributed by atoms with Crippen molar-refractivity contribution in [1.29, 1.82) is 0 Å². The summed E-state index contributed by atoms with van der Waals surface area (Å²) in [5.41, 5.74) is 2.01. The van der Waals surface area contributed by atoms with E-state index in [4.69, 9.17) is 0 Å². The van der Waals surface area contributed by atoms with Gasteiger partial charge in [-0.1, -0.05) is 37.3 Å². The number of carboxylic acid groups (broad SMARTS) is 1. The Bertz CT molecular complexity index is 592. The van der Waals surface area contributed by atoms with Gasteiger partial charge in [0.25, 0.3) is 0 Å². The second-order valence-electron chi connectivity index (χ2n) is 4.46. The van der Waals surface area contributed by atoms with Gasteiger partial charge >= 0.3 is 5.97 Å². The van der Waals surface area contributed by atoms with Crippen molar-refractivity contribution in [2.45, 2.75) is 13.3 Å². The first-order valence-electron chi connectivity index (χ1n) is 6.66. The van der Waals surface area contributed by atoms with Gasteiger partial charge in [-0.2, -0.15) is 0 Å². The molecule has 1 aliphatic rings. The van der Waals surface area contributed by atoms with E-state index in [1.807, 2.05) is 24.3 Å². The summed E-state index contributed by atoms with van der Waals surface area (Å²) in [7, 11) is 0. The molecule has 0 spiro atoms.